The minimum Gasteiger partial charge on any atom is -0.499 e. The molecule has 1 aliphatic carbocycles. The number of rotatable bonds is 3. The van der Waals surface area contributed by atoms with Crippen molar-refractivity contribution in [3.63, 3.8) is 0 Å². The van der Waals surface area contributed by atoms with E-state index in [0.29, 0.717) is 11.7 Å². The van der Waals surface area contributed by atoms with Gasteiger partial charge in [0.05, 0.1) is 26.0 Å². The SMILES string of the molecule is C=C1CC(N2CCOCC2)CC/C1=C/C(N)=C(\C)OC. The van der Waals surface area contributed by atoms with Gasteiger partial charge in [0.1, 0.15) is 5.76 Å². The number of allylic oxidation sites excluding steroid dienone is 3. The van der Waals surface area contributed by atoms with Crippen molar-refractivity contribution in [2.45, 2.75) is 32.2 Å². The van der Waals surface area contributed by atoms with Crippen molar-refractivity contribution in [2.75, 3.05) is 33.4 Å². The van der Waals surface area contributed by atoms with E-state index in [-0.39, 0.29) is 0 Å². The summed E-state index contributed by atoms with van der Waals surface area (Å²) in [4.78, 5) is 2.53. The van der Waals surface area contributed by atoms with Gasteiger partial charge < -0.3 is 15.2 Å². The molecule has 4 nitrogen and oxygen atoms in total. The molecule has 2 aliphatic rings. The van der Waals surface area contributed by atoms with E-state index < -0.39 is 0 Å². The molecule has 2 rings (SSSR count). The summed E-state index contributed by atoms with van der Waals surface area (Å²) >= 11 is 0. The summed E-state index contributed by atoms with van der Waals surface area (Å²) in [7, 11) is 1.64. The predicted octanol–water partition coefficient (Wildman–Crippen LogP) is 2.19. The molecule has 1 unspecified atom stereocenters. The normalized spacial score (nSPS) is 28.4. The fourth-order valence-corrected chi connectivity index (χ4v) is 2.85. The maximum absolute atomic E-state index is 6.01. The van der Waals surface area contributed by atoms with Gasteiger partial charge in [-0.15, -0.1) is 0 Å². The fraction of sp³-hybridized carbons (Fsp3) is 0.625. The standard InChI is InChI=1S/C16H26N2O2/c1-12-10-15(18-6-8-20-9-7-18)5-4-14(12)11-16(17)13(2)19-3/h11,15H,1,4-10,17H2,2-3H3/b14-11-,16-13-. The van der Waals surface area contributed by atoms with Gasteiger partial charge in [-0.05, 0) is 37.8 Å². The highest BCUT2D eigenvalue weighted by molar-refractivity contribution is 5.37. The predicted molar refractivity (Wildman–Crippen MR) is 81.2 cm³/mol. The van der Waals surface area contributed by atoms with E-state index in [1.54, 1.807) is 7.11 Å². The molecule has 0 aromatic heterocycles. The minimum absolute atomic E-state index is 0.609. The molecule has 20 heavy (non-hydrogen) atoms. The van der Waals surface area contributed by atoms with Gasteiger partial charge in [-0.25, -0.2) is 0 Å². The summed E-state index contributed by atoms with van der Waals surface area (Å²) in [6.07, 6.45) is 5.27. The Bertz CT molecular complexity index is 420. The Morgan fingerprint density at radius 1 is 1.45 bits per heavy atom. The lowest BCUT2D eigenvalue weighted by atomic mass is 9.85. The first-order chi connectivity index (χ1) is 9.61. The quantitative estimate of drug-likeness (QED) is 0.804. The van der Waals surface area contributed by atoms with Gasteiger partial charge in [0.25, 0.3) is 0 Å². The number of nitrogens with zero attached hydrogens (tertiary/aromatic N) is 1. The first-order valence-electron chi connectivity index (χ1n) is 7.32. The molecule has 0 amide bonds. The van der Waals surface area contributed by atoms with Crippen LogP contribution >= 0.6 is 0 Å². The van der Waals surface area contributed by atoms with Crippen LogP contribution in [0.15, 0.2) is 35.3 Å². The number of morpholine rings is 1. The largest absolute Gasteiger partial charge is 0.499 e. The van der Waals surface area contributed by atoms with Crippen molar-refractivity contribution in [1.29, 1.82) is 0 Å². The van der Waals surface area contributed by atoms with Crippen LogP contribution in [0.1, 0.15) is 26.2 Å². The molecule has 0 aromatic rings. The zero-order chi connectivity index (χ0) is 14.5. The van der Waals surface area contributed by atoms with Crippen LogP contribution in [0.4, 0.5) is 0 Å². The number of hydrogen-bond donors (Lipinski definition) is 1. The lowest BCUT2D eigenvalue weighted by Crippen LogP contribution is -2.44. The summed E-state index contributed by atoms with van der Waals surface area (Å²) in [5.41, 5.74) is 9.19. The van der Waals surface area contributed by atoms with Crippen LogP contribution in [0.5, 0.6) is 0 Å². The van der Waals surface area contributed by atoms with Crippen LogP contribution in [0, 0.1) is 0 Å². The van der Waals surface area contributed by atoms with Crippen molar-refractivity contribution in [3.8, 4) is 0 Å². The van der Waals surface area contributed by atoms with Gasteiger partial charge in [-0.2, -0.15) is 0 Å². The molecule has 1 aliphatic heterocycles. The molecule has 0 bridgehead atoms. The minimum atomic E-state index is 0.609. The maximum Gasteiger partial charge on any atom is 0.115 e. The molecule has 4 heteroatoms. The second-order valence-corrected chi connectivity index (χ2v) is 5.53. The summed E-state index contributed by atoms with van der Waals surface area (Å²) < 4.78 is 10.6. The first kappa shape index (κ1) is 15.1. The smallest absolute Gasteiger partial charge is 0.115 e. The third kappa shape index (κ3) is 3.64. The van der Waals surface area contributed by atoms with E-state index in [1.165, 1.54) is 17.6 Å². The molecule has 1 saturated carbocycles. The van der Waals surface area contributed by atoms with E-state index in [9.17, 15) is 0 Å². The Morgan fingerprint density at radius 2 is 2.15 bits per heavy atom. The number of ether oxygens (including phenoxy) is 2. The molecule has 1 saturated heterocycles. The average Bonchev–Trinajstić information content (AvgIpc) is 2.49. The van der Waals surface area contributed by atoms with Crippen molar-refractivity contribution in [3.05, 3.63) is 35.3 Å². The monoisotopic (exact) mass is 278 g/mol. The molecule has 112 valence electrons. The molecule has 2 fully saturated rings. The summed E-state index contributed by atoms with van der Waals surface area (Å²) in [5.74, 6) is 0.764. The van der Waals surface area contributed by atoms with Gasteiger partial charge in [-0.1, -0.05) is 12.2 Å². The van der Waals surface area contributed by atoms with Crippen molar-refractivity contribution in [1.82, 2.24) is 4.90 Å². The topological polar surface area (TPSA) is 47.7 Å². The Kier molecular flexibility index (Phi) is 5.26. The number of hydrogen-bond acceptors (Lipinski definition) is 4. The molecular weight excluding hydrogens is 252 g/mol. The third-order valence-corrected chi connectivity index (χ3v) is 4.29. The molecule has 0 spiro atoms. The van der Waals surface area contributed by atoms with Gasteiger partial charge in [-0.3, -0.25) is 4.90 Å². The van der Waals surface area contributed by atoms with Gasteiger partial charge in [0, 0.05) is 19.1 Å². The van der Waals surface area contributed by atoms with Gasteiger partial charge in [0.2, 0.25) is 0 Å². The van der Waals surface area contributed by atoms with Crippen LogP contribution in [0.2, 0.25) is 0 Å². The maximum atomic E-state index is 6.01. The summed E-state index contributed by atoms with van der Waals surface area (Å²) in [5, 5.41) is 0. The van der Waals surface area contributed by atoms with E-state index in [4.69, 9.17) is 15.2 Å². The second-order valence-electron chi connectivity index (χ2n) is 5.53. The van der Waals surface area contributed by atoms with E-state index >= 15 is 0 Å². The number of nitrogens with two attached hydrogens (primary N) is 1. The van der Waals surface area contributed by atoms with E-state index in [0.717, 1.165) is 44.9 Å². The third-order valence-electron chi connectivity index (χ3n) is 4.29. The lowest BCUT2D eigenvalue weighted by Gasteiger charge is -2.38. The van der Waals surface area contributed by atoms with Crippen LogP contribution in [0.25, 0.3) is 0 Å². The van der Waals surface area contributed by atoms with Crippen LogP contribution in [0.3, 0.4) is 0 Å². The van der Waals surface area contributed by atoms with E-state index in [2.05, 4.69) is 11.5 Å². The lowest BCUT2D eigenvalue weighted by molar-refractivity contribution is 0.0137. The molecule has 0 aromatic carbocycles. The van der Waals surface area contributed by atoms with Crippen molar-refractivity contribution in [2.24, 2.45) is 5.73 Å². The zero-order valence-electron chi connectivity index (χ0n) is 12.7. The zero-order valence-corrected chi connectivity index (χ0v) is 12.7. The number of methoxy groups -OCH3 is 1. The molecular formula is C16H26N2O2. The van der Waals surface area contributed by atoms with Crippen LogP contribution in [-0.4, -0.2) is 44.4 Å². The highest BCUT2D eigenvalue weighted by Crippen LogP contribution is 2.31. The highest BCUT2D eigenvalue weighted by atomic mass is 16.5. The molecule has 2 N–H and O–H groups in total. The first-order valence-corrected chi connectivity index (χ1v) is 7.32. The molecule has 1 atom stereocenters. The highest BCUT2D eigenvalue weighted by Gasteiger charge is 2.26. The average molecular weight is 278 g/mol. The van der Waals surface area contributed by atoms with Crippen molar-refractivity contribution < 1.29 is 9.47 Å². The van der Waals surface area contributed by atoms with Gasteiger partial charge in [0.15, 0.2) is 0 Å². The van der Waals surface area contributed by atoms with E-state index in [1.807, 2.05) is 13.0 Å². The van der Waals surface area contributed by atoms with Crippen LogP contribution < -0.4 is 5.73 Å². The van der Waals surface area contributed by atoms with Crippen LogP contribution in [-0.2, 0) is 9.47 Å². The molecule has 1 heterocycles. The second kappa shape index (κ2) is 6.95. The van der Waals surface area contributed by atoms with Gasteiger partial charge >= 0.3 is 0 Å². The fourth-order valence-electron chi connectivity index (χ4n) is 2.85. The Morgan fingerprint density at radius 3 is 2.75 bits per heavy atom. The Balaban J connectivity index is 1.98. The Hall–Kier alpha value is -1.26. The molecule has 0 radical (unpaired) electrons. The van der Waals surface area contributed by atoms with Crippen molar-refractivity contribution >= 4 is 0 Å². The Labute approximate surface area is 121 Å². The summed E-state index contributed by atoms with van der Waals surface area (Å²) in [6.45, 7) is 9.92. The summed E-state index contributed by atoms with van der Waals surface area (Å²) in [6, 6.07) is 0.609.